The fraction of sp³-hybridized carbons (Fsp3) is 0.333. The topological polar surface area (TPSA) is 101 Å². The molecule has 4 aromatic rings. The summed E-state index contributed by atoms with van der Waals surface area (Å²) in [7, 11) is 0. The second-order valence-electron chi connectivity index (χ2n) is 10.1. The lowest BCUT2D eigenvalue weighted by Gasteiger charge is -2.33. The molecule has 0 fully saturated rings. The van der Waals surface area contributed by atoms with Crippen molar-refractivity contribution in [3.05, 3.63) is 75.2 Å². The predicted molar refractivity (Wildman–Crippen MR) is 137 cm³/mol. The van der Waals surface area contributed by atoms with Gasteiger partial charge in [-0.3, -0.25) is 4.79 Å². The molecular formula is C27H29N7O. The van der Waals surface area contributed by atoms with Crippen LogP contribution in [0.5, 0.6) is 0 Å². The van der Waals surface area contributed by atoms with Crippen LogP contribution in [0.4, 0.5) is 11.6 Å². The van der Waals surface area contributed by atoms with Crippen LogP contribution in [0.25, 0.3) is 16.7 Å². The molecule has 2 N–H and O–H groups in total. The molecule has 2 aromatic heterocycles. The van der Waals surface area contributed by atoms with Gasteiger partial charge in [0.2, 0.25) is 5.95 Å². The lowest BCUT2D eigenvalue weighted by atomic mass is 9.79. The molecule has 0 radical (unpaired) electrons. The SMILES string of the molecule is Cc1cc(-n2c3nc(Nc4ccc5c(c4)CNCC5(C)C)ncc3c(=O)n2C(C)C)ccc1C#N. The summed E-state index contributed by atoms with van der Waals surface area (Å²) in [5.41, 5.74) is 6.16. The molecule has 3 heterocycles. The highest BCUT2D eigenvalue weighted by Gasteiger charge is 2.27. The molecule has 1 aliphatic rings. The molecular weight excluding hydrogens is 438 g/mol. The van der Waals surface area contributed by atoms with Gasteiger partial charge in [0.05, 0.1) is 17.3 Å². The zero-order valence-electron chi connectivity index (χ0n) is 20.7. The van der Waals surface area contributed by atoms with Gasteiger partial charge in [0, 0.05) is 36.4 Å². The minimum absolute atomic E-state index is 0.0799. The van der Waals surface area contributed by atoms with Gasteiger partial charge in [-0.25, -0.2) is 14.3 Å². The molecule has 8 heteroatoms. The van der Waals surface area contributed by atoms with Gasteiger partial charge in [-0.05, 0) is 67.8 Å². The molecule has 35 heavy (non-hydrogen) atoms. The quantitative estimate of drug-likeness (QED) is 0.459. The summed E-state index contributed by atoms with van der Waals surface area (Å²) in [6, 6.07) is 14.0. The zero-order valence-corrected chi connectivity index (χ0v) is 20.7. The Morgan fingerprint density at radius 1 is 1.20 bits per heavy atom. The van der Waals surface area contributed by atoms with E-state index >= 15 is 0 Å². The molecule has 0 saturated heterocycles. The largest absolute Gasteiger partial charge is 0.324 e. The van der Waals surface area contributed by atoms with Crippen LogP contribution < -0.4 is 16.2 Å². The molecule has 1 aliphatic heterocycles. The third-order valence-corrected chi connectivity index (χ3v) is 6.66. The molecule has 8 nitrogen and oxygen atoms in total. The van der Waals surface area contributed by atoms with Gasteiger partial charge >= 0.3 is 0 Å². The van der Waals surface area contributed by atoms with Crippen LogP contribution in [0.3, 0.4) is 0 Å². The average molecular weight is 468 g/mol. The number of anilines is 2. The Morgan fingerprint density at radius 2 is 2.00 bits per heavy atom. The summed E-state index contributed by atoms with van der Waals surface area (Å²) in [4.78, 5) is 22.5. The first kappa shape index (κ1) is 22.8. The molecule has 5 rings (SSSR count). The van der Waals surface area contributed by atoms with Crippen molar-refractivity contribution in [3.63, 3.8) is 0 Å². The van der Waals surface area contributed by atoms with Gasteiger partial charge < -0.3 is 10.6 Å². The number of aryl methyl sites for hydroxylation is 1. The Morgan fingerprint density at radius 3 is 2.71 bits per heavy atom. The zero-order chi connectivity index (χ0) is 24.9. The molecule has 0 spiro atoms. The first-order chi connectivity index (χ1) is 16.7. The Labute approximate surface area is 204 Å². The van der Waals surface area contributed by atoms with Gasteiger partial charge in [0.15, 0.2) is 5.65 Å². The third-order valence-electron chi connectivity index (χ3n) is 6.66. The van der Waals surface area contributed by atoms with Gasteiger partial charge in [-0.2, -0.15) is 10.2 Å². The maximum absolute atomic E-state index is 13.2. The van der Waals surface area contributed by atoms with E-state index in [1.54, 1.807) is 16.9 Å². The lowest BCUT2D eigenvalue weighted by Crippen LogP contribution is -2.38. The van der Waals surface area contributed by atoms with Crippen LogP contribution >= 0.6 is 0 Å². The smallest absolute Gasteiger partial charge is 0.278 e. The number of rotatable bonds is 4. The maximum atomic E-state index is 13.2. The van der Waals surface area contributed by atoms with Crippen molar-refractivity contribution in [3.8, 4) is 11.8 Å². The lowest BCUT2D eigenvalue weighted by molar-refractivity contribution is 0.435. The van der Waals surface area contributed by atoms with Gasteiger partial charge in [-0.15, -0.1) is 0 Å². The number of nitrogens with one attached hydrogen (secondary N) is 2. The Bertz CT molecular complexity index is 1550. The Hall–Kier alpha value is -3.96. The monoisotopic (exact) mass is 467 g/mol. The van der Waals surface area contributed by atoms with Crippen molar-refractivity contribution in [2.24, 2.45) is 0 Å². The number of fused-ring (bicyclic) bond motifs is 2. The van der Waals surface area contributed by atoms with E-state index in [0.29, 0.717) is 22.5 Å². The summed E-state index contributed by atoms with van der Waals surface area (Å²) in [6.45, 7) is 12.1. The number of aromatic nitrogens is 4. The molecule has 0 bridgehead atoms. The fourth-order valence-electron chi connectivity index (χ4n) is 4.89. The first-order valence-electron chi connectivity index (χ1n) is 11.8. The first-order valence-corrected chi connectivity index (χ1v) is 11.8. The molecule has 178 valence electrons. The number of benzene rings is 2. The molecule has 0 saturated carbocycles. The van der Waals surface area contributed by atoms with Gasteiger partial charge in [-0.1, -0.05) is 19.9 Å². The van der Waals surface area contributed by atoms with Crippen molar-refractivity contribution < 1.29 is 0 Å². The van der Waals surface area contributed by atoms with E-state index in [2.05, 4.69) is 53.7 Å². The fourth-order valence-corrected chi connectivity index (χ4v) is 4.89. The van der Waals surface area contributed by atoms with E-state index in [4.69, 9.17) is 4.98 Å². The van der Waals surface area contributed by atoms with Crippen LogP contribution in [0.15, 0.2) is 47.4 Å². The minimum Gasteiger partial charge on any atom is -0.324 e. The van der Waals surface area contributed by atoms with E-state index in [9.17, 15) is 10.1 Å². The van der Waals surface area contributed by atoms with Crippen LogP contribution in [-0.4, -0.2) is 25.9 Å². The Kier molecular flexibility index (Phi) is 5.45. The summed E-state index contributed by atoms with van der Waals surface area (Å²) >= 11 is 0. The number of hydrogen-bond acceptors (Lipinski definition) is 6. The summed E-state index contributed by atoms with van der Waals surface area (Å²) in [5.74, 6) is 0.417. The Balaban J connectivity index is 1.61. The van der Waals surface area contributed by atoms with E-state index < -0.39 is 0 Å². The summed E-state index contributed by atoms with van der Waals surface area (Å²) < 4.78 is 3.50. The van der Waals surface area contributed by atoms with Crippen molar-refractivity contribution in [2.45, 2.75) is 52.6 Å². The van der Waals surface area contributed by atoms with E-state index in [1.807, 2.05) is 37.6 Å². The minimum atomic E-state index is -0.148. The molecule has 0 unspecified atom stereocenters. The molecule has 0 aliphatic carbocycles. The van der Waals surface area contributed by atoms with Crippen molar-refractivity contribution >= 4 is 22.7 Å². The second kappa shape index (κ2) is 8.36. The summed E-state index contributed by atoms with van der Waals surface area (Å²) in [6.07, 6.45) is 1.59. The van der Waals surface area contributed by atoms with Crippen molar-refractivity contribution in [2.75, 3.05) is 11.9 Å². The molecule has 2 aromatic carbocycles. The molecule has 0 amide bonds. The van der Waals surface area contributed by atoms with Crippen LogP contribution in [0.1, 0.15) is 56.0 Å². The third kappa shape index (κ3) is 3.88. The highest BCUT2D eigenvalue weighted by atomic mass is 16.1. The second-order valence-corrected chi connectivity index (χ2v) is 10.1. The van der Waals surface area contributed by atoms with E-state index in [0.717, 1.165) is 30.0 Å². The van der Waals surface area contributed by atoms with Crippen molar-refractivity contribution in [1.82, 2.24) is 24.6 Å². The van der Waals surface area contributed by atoms with Gasteiger partial charge in [0.1, 0.15) is 5.39 Å². The van der Waals surface area contributed by atoms with Crippen LogP contribution in [0, 0.1) is 18.3 Å². The number of hydrogen-bond donors (Lipinski definition) is 2. The van der Waals surface area contributed by atoms with Crippen LogP contribution in [0.2, 0.25) is 0 Å². The van der Waals surface area contributed by atoms with E-state index in [1.165, 1.54) is 11.1 Å². The van der Waals surface area contributed by atoms with Crippen molar-refractivity contribution in [1.29, 1.82) is 5.26 Å². The normalized spacial score (nSPS) is 14.7. The summed E-state index contributed by atoms with van der Waals surface area (Å²) in [5, 5.41) is 16.6. The van der Waals surface area contributed by atoms with Crippen LogP contribution in [-0.2, 0) is 12.0 Å². The maximum Gasteiger partial charge on any atom is 0.278 e. The molecule has 0 atom stereocenters. The van der Waals surface area contributed by atoms with Gasteiger partial charge in [0.25, 0.3) is 5.56 Å². The predicted octanol–water partition coefficient (Wildman–Crippen LogP) is 4.47. The average Bonchev–Trinajstić information content (AvgIpc) is 3.10. The highest BCUT2D eigenvalue weighted by molar-refractivity contribution is 5.77. The highest BCUT2D eigenvalue weighted by Crippen LogP contribution is 2.32. The van der Waals surface area contributed by atoms with E-state index in [-0.39, 0.29) is 17.0 Å². The number of nitriles is 1. The standard InChI is InChI=1S/C27H29N7O/c1-16(2)33-25(35)22-14-30-26(31-20-7-9-23-19(11-20)13-29-15-27(23,4)5)32-24(22)34(33)21-8-6-18(12-28)17(3)10-21/h6-11,14,16,29H,13,15H2,1-5H3,(H,30,31,32). The number of nitrogens with zero attached hydrogens (tertiary/aromatic N) is 5.